The van der Waals surface area contributed by atoms with E-state index in [0.717, 1.165) is 11.1 Å². The fourth-order valence-corrected chi connectivity index (χ4v) is 2.34. The molecule has 0 aromatic heterocycles. The van der Waals surface area contributed by atoms with Crippen LogP contribution in [0.25, 0.3) is 0 Å². The van der Waals surface area contributed by atoms with Crippen LogP contribution < -0.4 is 10.6 Å². The summed E-state index contributed by atoms with van der Waals surface area (Å²) in [5.74, 6) is -1.60. The highest BCUT2D eigenvalue weighted by Crippen LogP contribution is 2.18. The van der Waals surface area contributed by atoms with E-state index in [1.807, 2.05) is 19.9 Å². The minimum absolute atomic E-state index is 0.329. The van der Waals surface area contributed by atoms with E-state index in [4.69, 9.17) is 11.6 Å². The Morgan fingerprint density at radius 2 is 1.75 bits per heavy atom. The number of aliphatic hydroxyl groups is 1. The van der Waals surface area contributed by atoms with Crippen LogP contribution in [0, 0.1) is 13.8 Å². The molecular weight excluding hydrogens is 328 g/mol. The summed E-state index contributed by atoms with van der Waals surface area (Å²) in [5, 5.41) is 15.1. The van der Waals surface area contributed by atoms with Gasteiger partial charge in [-0.15, -0.1) is 0 Å². The molecule has 0 spiro atoms. The van der Waals surface area contributed by atoms with Gasteiger partial charge in [0.1, 0.15) is 0 Å². The second-order valence-electron chi connectivity index (χ2n) is 5.46. The molecule has 3 N–H and O–H groups in total. The van der Waals surface area contributed by atoms with Crippen molar-refractivity contribution in [3.8, 4) is 0 Å². The summed E-state index contributed by atoms with van der Waals surface area (Å²) in [7, 11) is 0. The standard InChI is InChI=1S/C18H19ClN2O3/c1-11-4-3-5-15(12(11)2)20-17(23)18(24)21-16(10-22)13-6-8-14(19)9-7-13/h3-9,16,22H,10H2,1-2H3,(H,20,23)(H,21,24). The first-order valence-corrected chi connectivity index (χ1v) is 7.84. The topological polar surface area (TPSA) is 78.4 Å². The molecule has 1 atom stereocenters. The number of carbonyl (C=O) groups is 2. The van der Waals surface area contributed by atoms with Crippen LogP contribution in [0.5, 0.6) is 0 Å². The summed E-state index contributed by atoms with van der Waals surface area (Å²) in [6.45, 7) is 3.46. The lowest BCUT2D eigenvalue weighted by Crippen LogP contribution is -2.39. The van der Waals surface area contributed by atoms with Gasteiger partial charge in [0.2, 0.25) is 0 Å². The molecule has 2 amide bonds. The Balaban J connectivity index is 2.06. The van der Waals surface area contributed by atoms with Crippen LogP contribution in [-0.4, -0.2) is 23.5 Å². The van der Waals surface area contributed by atoms with Gasteiger partial charge in [0.25, 0.3) is 0 Å². The number of anilines is 1. The number of benzene rings is 2. The number of amides is 2. The quantitative estimate of drug-likeness (QED) is 0.745. The van der Waals surface area contributed by atoms with Crippen LogP contribution >= 0.6 is 11.6 Å². The summed E-state index contributed by atoms with van der Waals surface area (Å²) in [4.78, 5) is 24.2. The molecular formula is C18H19ClN2O3. The van der Waals surface area contributed by atoms with Crippen LogP contribution in [-0.2, 0) is 9.59 Å². The second kappa shape index (κ2) is 7.95. The molecule has 2 aromatic rings. The molecule has 2 aromatic carbocycles. The van der Waals surface area contributed by atoms with Gasteiger partial charge in [-0.2, -0.15) is 0 Å². The van der Waals surface area contributed by atoms with Crippen LogP contribution in [0.1, 0.15) is 22.7 Å². The first-order chi connectivity index (χ1) is 11.4. The zero-order chi connectivity index (χ0) is 17.7. The summed E-state index contributed by atoms with van der Waals surface area (Å²) in [6.07, 6.45) is 0. The highest BCUT2D eigenvalue weighted by Gasteiger charge is 2.20. The van der Waals surface area contributed by atoms with E-state index >= 15 is 0 Å². The zero-order valence-electron chi connectivity index (χ0n) is 13.5. The van der Waals surface area contributed by atoms with Crippen molar-refractivity contribution in [2.24, 2.45) is 0 Å². The predicted octanol–water partition coefficient (Wildman–Crippen LogP) is 2.75. The summed E-state index contributed by atoms with van der Waals surface area (Å²) in [6, 6.07) is 11.5. The van der Waals surface area contributed by atoms with Crippen molar-refractivity contribution in [3.05, 3.63) is 64.2 Å². The number of hydrogen-bond donors (Lipinski definition) is 3. The number of halogens is 1. The number of aryl methyl sites for hydroxylation is 1. The number of rotatable bonds is 4. The predicted molar refractivity (Wildman–Crippen MR) is 94.0 cm³/mol. The Hall–Kier alpha value is -2.37. The molecule has 0 fully saturated rings. The molecule has 6 heteroatoms. The molecule has 0 aliphatic rings. The van der Waals surface area contributed by atoms with E-state index in [0.29, 0.717) is 16.3 Å². The Bertz CT molecular complexity index is 744. The van der Waals surface area contributed by atoms with Crippen molar-refractivity contribution in [2.45, 2.75) is 19.9 Å². The monoisotopic (exact) mass is 346 g/mol. The maximum atomic E-state index is 12.1. The summed E-state index contributed by atoms with van der Waals surface area (Å²) >= 11 is 5.82. The summed E-state index contributed by atoms with van der Waals surface area (Å²) in [5.41, 5.74) is 3.16. The van der Waals surface area contributed by atoms with Crippen molar-refractivity contribution in [2.75, 3.05) is 11.9 Å². The average Bonchev–Trinajstić information content (AvgIpc) is 2.57. The highest BCUT2D eigenvalue weighted by molar-refractivity contribution is 6.39. The number of hydrogen-bond acceptors (Lipinski definition) is 3. The first-order valence-electron chi connectivity index (χ1n) is 7.46. The van der Waals surface area contributed by atoms with Crippen molar-refractivity contribution in [1.29, 1.82) is 0 Å². The second-order valence-corrected chi connectivity index (χ2v) is 5.90. The van der Waals surface area contributed by atoms with Gasteiger partial charge in [0.05, 0.1) is 12.6 Å². The smallest absolute Gasteiger partial charge is 0.313 e. The van der Waals surface area contributed by atoms with Crippen LogP contribution in [0.15, 0.2) is 42.5 Å². The molecule has 24 heavy (non-hydrogen) atoms. The minimum atomic E-state index is -0.815. The third kappa shape index (κ3) is 4.34. The molecule has 0 bridgehead atoms. The molecule has 1 unspecified atom stereocenters. The Morgan fingerprint density at radius 3 is 2.38 bits per heavy atom. The van der Waals surface area contributed by atoms with Gasteiger partial charge in [-0.25, -0.2) is 0 Å². The van der Waals surface area contributed by atoms with E-state index in [1.54, 1.807) is 36.4 Å². The van der Waals surface area contributed by atoms with Crippen molar-refractivity contribution >= 4 is 29.1 Å². The van der Waals surface area contributed by atoms with Gasteiger partial charge in [0, 0.05) is 10.7 Å². The molecule has 0 heterocycles. The molecule has 0 aliphatic heterocycles. The molecule has 0 saturated carbocycles. The van der Waals surface area contributed by atoms with Crippen molar-refractivity contribution in [1.82, 2.24) is 5.32 Å². The first kappa shape index (κ1) is 18.0. The lowest BCUT2D eigenvalue weighted by Gasteiger charge is -2.17. The van der Waals surface area contributed by atoms with Gasteiger partial charge in [0.15, 0.2) is 0 Å². The number of nitrogens with one attached hydrogen (secondary N) is 2. The zero-order valence-corrected chi connectivity index (χ0v) is 14.2. The molecule has 126 valence electrons. The van der Waals surface area contributed by atoms with Crippen molar-refractivity contribution < 1.29 is 14.7 Å². The minimum Gasteiger partial charge on any atom is -0.394 e. The average molecular weight is 347 g/mol. The van der Waals surface area contributed by atoms with Crippen molar-refractivity contribution in [3.63, 3.8) is 0 Å². The Labute approximate surface area is 145 Å². The SMILES string of the molecule is Cc1cccc(NC(=O)C(=O)NC(CO)c2ccc(Cl)cc2)c1C. The van der Waals surface area contributed by atoms with Gasteiger partial charge >= 0.3 is 11.8 Å². The molecule has 0 saturated heterocycles. The van der Waals surface area contributed by atoms with E-state index in [1.165, 1.54) is 0 Å². The van der Waals surface area contributed by atoms with E-state index in [9.17, 15) is 14.7 Å². The van der Waals surface area contributed by atoms with Crippen LogP contribution in [0.2, 0.25) is 5.02 Å². The third-order valence-corrected chi connectivity index (χ3v) is 4.07. The van der Waals surface area contributed by atoms with Gasteiger partial charge in [-0.3, -0.25) is 9.59 Å². The molecule has 0 aliphatic carbocycles. The van der Waals surface area contributed by atoms with Gasteiger partial charge in [-0.05, 0) is 48.7 Å². The summed E-state index contributed by atoms with van der Waals surface area (Å²) < 4.78 is 0. The lowest BCUT2D eigenvalue weighted by atomic mass is 10.1. The molecule has 5 nitrogen and oxygen atoms in total. The van der Waals surface area contributed by atoms with Gasteiger partial charge < -0.3 is 15.7 Å². The van der Waals surface area contributed by atoms with E-state index in [2.05, 4.69) is 10.6 Å². The number of aliphatic hydroxyl groups excluding tert-OH is 1. The fraction of sp³-hybridized carbons (Fsp3) is 0.222. The van der Waals surface area contributed by atoms with E-state index in [-0.39, 0.29) is 6.61 Å². The Kier molecular flexibility index (Phi) is 5.95. The highest BCUT2D eigenvalue weighted by atomic mass is 35.5. The van der Waals surface area contributed by atoms with E-state index < -0.39 is 17.9 Å². The molecule has 0 radical (unpaired) electrons. The Morgan fingerprint density at radius 1 is 1.08 bits per heavy atom. The van der Waals surface area contributed by atoms with Gasteiger partial charge in [-0.1, -0.05) is 35.9 Å². The maximum Gasteiger partial charge on any atom is 0.313 e. The third-order valence-electron chi connectivity index (χ3n) is 3.82. The maximum absolute atomic E-state index is 12.1. The van der Waals surface area contributed by atoms with Crippen LogP contribution in [0.4, 0.5) is 5.69 Å². The number of carbonyl (C=O) groups excluding carboxylic acids is 2. The van der Waals surface area contributed by atoms with Crippen LogP contribution in [0.3, 0.4) is 0 Å². The lowest BCUT2D eigenvalue weighted by molar-refractivity contribution is -0.136. The fourth-order valence-electron chi connectivity index (χ4n) is 2.22. The molecule has 2 rings (SSSR count). The normalized spacial score (nSPS) is 11.7. The largest absolute Gasteiger partial charge is 0.394 e.